The van der Waals surface area contributed by atoms with E-state index in [-0.39, 0.29) is 5.82 Å². The second kappa shape index (κ2) is 5.74. The average Bonchev–Trinajstić information content (AvgIpc) is 2.40. The molecule has 0 heterocycles. The molecule has 1 N–H and O–H groups in total. The van der Waals surface area contributed by atoms with E-state index in [0.29, 0.717) is 12.1 Å². The van der Waals surface area contributed by atoms with Crippen molar-refractivity contribution in [3.05, 3.63) is 58.9 Å². The average molecular weight is 259 g/mol. The van der Waals surface area contributed by atoms with Crippen LogP contribution in [0.4, 0.5) is 10.1 Å². The molecular formula is C16H18FNO. The number of rotatable bonds is 4. The van der Waals surface area contributed by atoms with Gasteiger partial charge in [-0.3, -0.25) is 0 Å². The molecule has 100 valence electrons. The molecule has 0 fully saturated rings. The Kier molecular flexibility index (Phi) is 4.05. The van der Waals surface area contributed by atoms with Crippen molar-refractivity contribution in [2.24, 2.45) is 0 Å². The molecule has 19 heavy (non-hydrogen) atoms. The van der Waals surface area contributed by atoms with Crippen molar-refractivity contribution >= 4 is 5.69 Å². The van der Waals surface area contributed by atoms with Gasteiger partial charge < -0.3 is 10.1 Å². The van der Waals surface area contributed by atoms with Crippen molar-refractivity contribution in [3.8, 4) is 5.75 Å². The van der Waals surface area contributed by atoms with Crippen molar-refractivity contribution < 1.29 is 9.13 Å². The van der Waals surface area contributed by atoms with Crippen LogP contribution in [0.2, 0.25) is 0 Å². The lowest BCUT2D eigenvalue weighted by Crippen LogP contribution is -2.04. The number of aryl methyl sites for hydroxylation is 2. The summed E-state index contributed by atoms with van der Waals surface area (Å²) in [7, 11) is 1.63. The molecule has 0 amide bonds. The highest BCUT2D eigenvalue weighted by Crippen LogP contribution is 2.26. The molecule has 0 spiro atoms. The lowest BCUT2D eigenvalue weighted by atomic mass is 10.1. The number of benzene rings is 2. The summed E-state index contributed by atoms with van der Waals surface area (Å²) < 4.78 is 18.9. The number of hydrogen-bond acceptors (Lipinski definition) is 2. The summed E-state index contributed by atoms with van der Waals surface area (Å²) in [5.74, 6) is 0.573. The third-order valence-electron chi connectivity index (χ3n) is 3.03. The van der Waals surface area contributed by atoms with Crippen LogP contribution in [0.15, 0.2) is 36.4 Å². The van der Waals surface area contributed by atoms with E-state index >= 15 is 0 Å². The second-order valence-corrected chi connectivity index (χ2v) is 4.65. The summed E-state index contributed by atoms with van der Waals surface area (Å²) in [5, 5.41) is 3.22. The van der Waals surface area contributed by atoms with Gasteiger partial charge in [0, 0.05) is 12.1 Å². The number of ether oxygens (including phenoxy) is 1. The van der Waals surface area contributed by atoms with Gasteiger partial charge in [-0.15, -0.1) is 0 Å². The Hall–Kier alpha value is -2.03. The molecule has 0 atom stereocenters. The maximum absolute atomic E-state index is 13.7. The third-order valence-corrected chi connectivity index (χ3v) is 3.03. The molecule has 2 aromatic rings. The largest absolute Gasteiger partial charge is 0.495 e. The molecule has 0 radical (unpaired) electrons. The minimum absolute atomic E-state index is 0.190. The highest BCUT2D eigenvalue weighted by Gasteiger charge is 2.05. The van der Waals surface area contributed by atoms with Crippen LogP contribution in [0.1, 0.15) is 16.7 Å². The lowest BCUT2D eigenvalue weighted by molar-refractivity contribution is 0.416. The number of halogens is 1. The van der Waals surface area contributed by atoms with Gasteiger partial charge in [0.2, 0.25) is 0 Å². The zero-order valence-electron chi connectivity index (χ0n) is 11.5. The first-order chi connectivity index (χ1) is 9.10. The molecule has 0 bridgehead atoms. The number of anilines is 1. The Morgan fingerprint density at radius 3 is 2.47 bits per heavy atom. The van der Waals surface area contributed by atoms with E-state index in [4.69, 9.17) is 4.74 Å². The number of hydrogen-bond donors (Lipinski definition) is 1. The fourth-order valence-corrected chi connectivity index (χ4v) is 1.99. The van der Waals surface area contributed by atoms with Gasteiger partial charge >= 0.3 is 0 Å². The standard InChI is InChI=1S/C16H18FNO/c1-11-4-6-14(17)13(8-11)10-18-15-9-12(2)5-7-16(15)19-3/h4-9,18H,10H2,1-3H3. The van der Waals surface area contributed by atoms with Crippen molar-refractivity contribution in [3.63, 3.8) is 0 Å². The van der Waals surface area contributed by atoms with E-state index in [1.165, 1.54) is 6.07 Å². The molecule has 0 aliphatic carbocycles. The maximum Gasteiger partial charge on any atom is 0.141 e. The molecule has 0 aliphatic rings. The molecule has 2 rings (SSSR count). The molecule has 0 saturated carbocycles. The Bertz CT molecular complexity index is 581. The minimum atomic E-state index is -0.190. The van der Waals surface area contributed by atoms with Gasteiger partial charge in [0.05, 0.1) is 12.8 Å². The first kappa shape index (κ1) is 13.4. The normalized spacial score (nSPS) is 10.3. The molecule has 0 unspecified atom stereocenters. The topological polar surface area (TPSA) is 21.3 Å². The third kappa shape index (κ3) is 3.25. The summed E-state index contributed by atoms with van der Waals surface area (Å²) in [6.07, 6.45) is 0. The Labute approximate surface area is 113 Å². The van der Waals surface area contributed by atoms with Gasteiger partial charge in [0.15, 0.2) is 0 Å². The predicted molar refractivity (Wildman–Crippen MR) is 76.2 cm³/mol. The first-order valence-electron chi connectivity index (χ1n) is 6.23. The Morgan fingerprint density at radius 1 is 1.05 bits per heavy atom. The SMILES string of the molecule is COc1ccc(C)cc1NCc1cc(C)ccc1F. The Morgan fingerprint density at radius 2 is 1.74 bits per heavy atom. The van der Waals surface area contributed by atoms with Gasteiger partial charge in [-0.05, 0) is 37.6 Å². The van der Waals surface area contributed by atoms with Crippen LogP contribution in [0.25, 0.3) is 0 Å². The van der Waals surface area contributed by atoms with Gasteiger partial charge in [-0.1, -0.05) is 23.8 Å². The van der Waals surface area contributed by atoms with Gasteiger partial charge in [0.1, 0.15) is 11.6 Å². The smallest absolute Gasteiger partial charge is 0.141 e. The molecule has 2 nitrogen and oxygen atoms in total. The van der Waals surface area contributed by atoms with Crippen LogP contribution in [-0.4, -0.2) is 7.11 Å². The van der Waals surface area contributed by atoms with Crippen molar-refractivity contribution in [1.29, 1.82) is 0 Å². The lowest BCUT2D eigenvalue weighted by Gasteiger charge is -2.12. The van der Waals surface area contributed by atoms with E-state index in [0.717, 1.165) is 22.6 Å². The summed E-state index contributed by atoms with van der Waals surface area (Å²) in [5.41, 5.74) is 3.72. The van der Waals surface area contributed by atoms with Gasteiger partial charge in [-0.2, -0.15) is 0 Å². The fraction of sp³-hybridized carbons (Fsp3) is 0.250. The van der Waals surface area contributed by atoms with Crippen LogP contribution in [0, 0.1) is 19.7 Å². The minimum Gasteiger partial charge on any atom is -0.495 e. The molecule has 0 saturated heterocycles. The zero-order valence-corrected chi connectivity index (χ0v) is 11.5. The predicted octanol–water partition coefficient (Wildman–Crippen LogP) is 4.06. The van der Waals surface area contributed by atoms with E-state index in [9.17, 15) is 4.39 Å². The fourth-order valence-electron chi connectivity index (χ4n) is 1.99. The maximum atomic E-state index is 13.7. The number of nitrogens with one attached hydrogen (secondary N) is 1. The zero-order chi connectivity index (χ0) is 13.8. The molecular weight excluding hydrogens is 241 g/mol. The molecule has 0 aliphatic heterocycles. The van der Waals surface area contributed by atoms with E-state index < -0.39 is 0 Å². The summed E-state index contributed by atoms with van der Waals surface area (Å²) in [6.45, 7) is 4.40. The first-order valence-corrected chi connectivity index (χ1v) is 6.23. The Balaban J connectivity index is 2.18. The van der Waals surface area contributed by atoms with Crippen molar-refractivity contribution in [1.82, 2.24) is 0 Å². The number of methoxy groups -OCH3 is 1. The molecule has 0 aromatic heterocycles. The van der Waals surface area contributed by atoms with E-state index in [2.05, 4.69) is 5.32 Å². The van der Waals surface area contributed by atoms with E-state index in [1.54, 1.807) is 13.2 Å². The van der Waals surface area contributed by atoms with Crippen LogP contribution < -0.4 is 10.1 Å². The molecule has 2 aromatic carbocycles. The van der Waals surface area contributed by atoms with E-state index in [1.807, 2.05) is 38.1 Å². The second-order valence-electron chi connectivity index (χ2n) is 4.65. The highest BCUT2D eigenvalue weighted by atomic mass is 19.1. The van der Waals surface area contributed by atoms with Crippen LogP contribution in [-0.2, 0) is 6.54 Å². The quantitative estimate of drug-likeness (QED) is 0.894. The highest BCUT2D eigenvalue weighted by molar-refractivity contribution is 5.58. The van der Waals surface area contributed by atoms with Crippen LogP contribution in [0.3, 0.4) is 0 Å². The summed E-state index contributed by atoms with van der Waals surface area (Å²) in [4.78, 5) is 0. The summed E-state index contributed by atoms with van der Waals surface area (Å²) in [6, 6.07) is 11.0. The summed E-state index contributed by atoms with van der Waals surface area (Å²) >= 11 is 0. The monoisotopic (exact) mass is 259 g/mol. The van der Waals surface area contributed by atoms with Gasteiger partial charge in [0.25, 0.3) is 0 Å². The van der Waals surface area contributed by atoms with Crippen LogP contribution in [0.5, 0.6) is 5.75 Å². The van der Waals surface area contributed by atoms with Crippen LogP contribution >= 0.6 is 0 Å². The van der Waals surface area contributed by atoms with Crippen molar-refractivity contribution in [2.75, 3.05) is 12.4 Å². The van der Waals surface area contributed by atoms with Crippen molar-refractivity contribution in [2.45, 2.75) is 20.4 Å². The molecule has 3 heteroatoms. The van der Waals surface area contributed by atoms with Gasteiger partial charge in [-0.25, -0.2) is 4.39 Å².